The van der Waals surface area contributed by atoms with Crippen molar-refractivity contribution in [3.8, 4) is 17.1 Å². The molecule has 0 spiro atoms. The molecule has 0 saturated heterocycles. The summed E-state index contributed by atoms with van der Waals surface area (Å²) in [7, 11) is 1.28. The SMILES string of the molecule is COc1c(-c2ccco2)cc(Br)c(F)c1F. The van der Waals surface area contributed by atoms with Gasteiger partial charge in [0.25, 0.3) is 0 Å². The maximum Gasteiger partial charge on any atom is 0.202 e. The van der Waals surface area contributed by atoms with Crippen molar-refractivity contribution in [2.45, 2.75) is 0 Å². The molecule has 0 unspecified atom stereocenters. The van der Waals surface area contributed by atoms with E-state index >= 15 is 0 Å². The second-order valence-corrected chi connectivity index (χ2v) is 3.90. The Morgan fingerprint density at radius 2 is 2.06 bits per heavy atom. The van der Waals surface area contributed by atoms with Crippen LogP contribution in [0.1, 0.15) is 0 Å². The van der Waals surface area contributed by atoms with Gasteiger partial charge in [0.1, 0.15) is 5.76 Å². The number of rotatable bonds is 2. The highest BCUT2D eigenvalue weighted by Crippen LogP contribution is 2.37. The molecule has 5 heteroatoms. The summed E-state index contributed by atoms with van der Waals surface area (Å²) < 4.78 is 36.8. The second-order valence-electron chi connectivity index (χ2n) is 3.04. The van der Waals surface area contributed by atoms with E-state index in [0.717, 1.165) is 0 Å². The van der Waals surface area contributed by atoms with Gasteiger partial charge in [0.2, 0.25) is 5.82 Å². The number of hydrogen-bond donors (Lipinski definition) is 0. The molecule has 2 rings (SSSR count). The first-order chi connectivity index (χ1) is 7.65. The van der Waals surface area contributed by atoms with Crippen LogP contribution in [0.3, 0.4) is 0 Å². The van der Waals surface area contributed by atoms with E-state index in [9.17, 15) is 8.78 Å². The van der Waals surface area contributed by atoms with Gasteiger partial charge in [-0.3, -0.25) is 0 Å². The van der Waals surface area contributed by atoms with Crippen LogP contribution in [-0.2, 0) is 0 Å². The molecule has 0 aliphatic heterocycles. The molecule has 16 heavy (non-hydrogen) atoms. The molecule has 0 atom stereocenters. The molecule has 0 N–H and O–H groups in total. The van der Waals surface area contributed by atoms with Crippen molar-refractivity contribution in [3.63, 3.8) is 0 Å². The lowest BCUT2D eigenvalue weighted by Crippen LogP contribution is -1.96. The molecule has 0 aliphatic carbocycles. The summed E-state index contributed by atoms with van der Waals surface area (Å²) in [4.78, 5) is 0. The Hall–Kier alpha value is -1.36. The van der Waals surface area contributed by atoms with Crippen LogP contribution in [0.5, 0.6) is 5.75 Å². The second kappa shape index (κ2) is 4.25. The van der Waals surface area contributed by atoms with Crippen LogP contribution >= 0.6 is 15.9 Å². The zero-order valence-electron chi connectivity index (χ0n) is 8.26. The summed E-state index contributed by atoms with van der Waals surface area (Å²) in [5.74, 6) is -1.78. The maximum atomic E-state index is 13.5. The Labute approximate surface area is 99.0 Å². The Bertz CT molecular complexity index is 509. The lowest BCUT2D eigenvalue weighted by Gasteiger charge is -2.09. The van der Waals surface area contributed by atoms with E-state index in [1.165, 1.54) is 19.4 Å². The average molecular weight is 289 g/mol. The fourth-order valence-corrected chi connectivity index (χ4v) is 1.80. The van der Waals surface area contributed by atoms with Gasteiger partial charge in [0.15, 0.2) is 11.6 Å². The molecule has 0 fully saturated rings. The monoisotopic (exact) mass is 288 g/mol. The largest absolute Gasteiger partial charge is 0.493 e. The molecule has 0 radical (unpaired) electrons. The Balaban J connectivity index is 2.70. The number of methoxy groups -OCH3 is 1. The molecule has 0 aliphatic rings. The lowest BCUT2D eigenvalue weighted by atomic mass is 10.1. The molecular formula is C11H7BrF2O2. The number of furan rings is 1. The number of benzene rings is 1. The van der Waals surface area contributed by atoms with Crippen molar-refractivity contribution in [1.29, 1.82) is 0 Å². The third-order valence-electron chi connectivity index (χ3n) is 2.11. The van der Waals surface area contributed by atoms with Gasteiger partial charge >= 0.3 is 0 Å². The number of halogens is 3. The molecule has 1 heterocycles. The topological polar surface area (TPSA) is 22.4 Å². The Kier molecular flexibility index (Phi) is 2.96. The standard InChI is InChI=1S/C11H7BrF2O2/c1-15-11-6(8-3-2-4-16-8)5-7(12)9(13)10(11)14/h2-5H,1H3. The molecule has 1 aromatic carbocycles. The van der Waals surface area contributed by atoms with E-state index in [1.807, 2.05) is 0 Å². The van der Waals surface area contributed by atoms with E-state index < -0.39 is 11.6 Å². The van der Waals surface area contributed by atoms with Gasteiger partial charge in [-0.05, 0) is 34.1 Å². The quantitative estimate of drug-likeness (QED) is 0.780. The van der Waals surface area contributed by atoms with Gasteiger partial charge in [-0.2, -0.15) is 4.39 Å². The highest BCUT2D eigenvalue weighted by atomic mass is 79.9. The fraction of sp³-hybridized carbons (Fsp3) is 0.0909. The highest BCUT2D eigenvalue weighted by Gasteiger charge is 2.20. The minimum Gasteiger partial charge on any atom is -0.493 e. The average Bonchev–Trinajstić information content (AvgIpc) is 2.79. The number of ether oxygens (including phenoxy) is 1. The van der Waals surface area contributed by atoms with Crippen LogP contribution in [0.4, 0.5) is 8.78 Å². The maximum absolute atomic E-state index is 13.5. The molecule has 2 nitrogen and oxygen atoms in total. The molecule has 0 amide bonds. The molecule has 0 saturated carbocycles. The third-order valence-corrected chi connectivity index (χ3v) is 2.69. The van der Waals surface area contributed by atoms with Gasteiger partial charge in [0, 0.05) is 0 Å². The summed E-state index contributed by atoms with van der Waals surface area (Å²) in [5, 5.41) is 0. The van der Waals surface area contributed by atoms with Gasteiger partial charge in [0.05, 0.1) is 23.4 Å². The predicted octanol–water partition coefficient (Wildman–Crippen LogP) is 4.00. The highest BCUT2D eigenvalue weighted by molar-refractivity contribution is 9.10. The van der Waals surface area contributed by atoms with Gasteiger partial charge in [-0.25, -0.2) is 4.39 Å². The summed E-state index contributed by atoms with van der Waals surface area (Å²) in [6.07, 6.45) is 1.45. The third kappa shape index (κ3) is 1.71. The van der Waals surface area contributed by atoms with Crippen molar-refractivity contribution in [3.05, 3.63) is 40.6 Å². The molecule has 1 aromatic heterocycles. The van der Waals surface area contributed by atoms with Crippen LogP contribution in [-0.4, -0.2) is 7.11 Å². The van der Waals surface area contributed by atoms with E-state index in [0.29, 0.717) is 11.3 Å². The Morgan fingerprint density at radius 3 is 2.62 bits per heavy atom. The van der Waals surface area contributed by atoms with Crippen LogP contribution in [0.15, 0.2) is 33.4 Å². The van der Waals surface area contributed by atoms with Gasteiger partial charge in [-0.15, -0.1) is 0 Å². The van der Waals surface area contributed by atoms with Crippen molar-refractivity contribution >= 4 is 15.9 Å². The zero-order chi connectivity index (χ0) is 11.7. The first-order valence-corrected chi connectivity index (χ1v) is 5.19. The lowest BCUT2D eigenvalue weighted by molar-refractivity contribution is 0.371. The minimum absolute atomic E-state index is 0.0252. The van der Waals surface area contributed by atoms with E-state index in [2.05, 4.69) is 15.9 Å². The molecule has 84 valence electrons. The van der Waals surface area contributed by atoms with E-state index in [1.54, 1.807) is 12.1 Å². The summed E-state index contributed by atoms with van der Waals surface area (Å²) in [6.45, 7) is 0. The normalized spacial score (nSPS) is 10.5. The van der Waals surface area contributed by atoms with Crippen LogP contribution in [0.25, 0.3) is 11.3 Å². The van der Waals surface area contributed by atoms with Crippen molar-refractivity contribution < 1.29 is 17.9 Å². The first-order valence-electron chi connectivity index (χ1n) is 4.40. The Morgan fingerprint density at radius 1 is 1.31 bits per heavy atom. The summed E-state index contributed by atoms with van der Waals surface area (Å²) in [5.41, 5.74) is 0.360. The van der Waals surface area contributed by atoms with Gasteiger partial charge in [-0.1, -0.05) is 0 Å². The summed E-state index contributed by atoms with van der Waals surface area (Å²) >= 11 is 2.93. The summed E-state index contributed by atoms with van der Waals surface area (Å²) in [6, 6.07) is 4.71. The molecular weight excluding hydrogens is 282 g/mol. The van der Waals surface area contributed by atoms with E-state index in [4.69, 9.17) is 9.15 Å². The van der Waals surface area contributed by atoms with Crippen LogP contribution in [0.2, 0.25) is 0 Å². The molecule has 0 bridgehead atoms. The minimum atomic E-state index is -1.04. The van der Waals surface area contributed by atoms with Crippen molar-refractivity contribution in [2.75, 3.05) is 7.11 Å². The first kappa shape index (κ1) is 11.1. The van der Waals surface area contributed by atoms with Crippen molar-refractivity contribution in [1.82, 2.24) is 0 Å². The zero-order valence-corrected chi connectivity index (χ0v) is 9.85. The predicted molar refractivity (Wildman–Crippen MR) is 58.3 cm³/mol. The van der Waals surface area contributed by atoms with Crippen LogP contribution in [0, 0.1) is 11.6 Å². The van der Waals surface area contributed by atoms with Crippen molar-refractivity contribution in [2.24, 2.45) is 0 Å². The van der Waals surface area contributed by atoms with E-state index in [-0.39, 0.29) is 10.2 Å². The van der Waals surface area contributed by atoms with Gasteiger partial charge < -0.3 is 9.15 Å². The number of hydrogen-bond acceptors (Lipinski definition) is 2. The van der Waals surface area contributed by atoms with Crippen LogP contribution < -0.4 is 4.74 Å². The fourth-order valence-electron chi connectivity index (χ4n) is 1.39. The molecule has 2 aromatic rings. The smallest absolute Gasteiger partial charge is 0.202 e.